The van der Waals surface area contributed by atoms with Gasteiger partial charge in [0, 0.05) is 24.3 Å². The molecule has 1 unspecified atom stereocenters. The van der Waals surface area contributed by atoms with Crippen molar-refractivity contribution >= 4 is 23.4 Å². The van der Waals surface area contributed by atoms with E-state index in [0.29, 0.717) is 5.56 Å². The minimum absolute atomic E-state index is 0.0436. The lowest BCUT2D eigenvalue weighted by molar-refractivity contribution is -0.146. The van der Waals surface area contributed by atoms with Crippen LogP contribution in [0.15, 0.2) is 59.1 Å². The van der Waals surface area contributed by atoms with E-state index in [0.717, 1.165) is 50.0 Å². The molecule has 9 nitrogen and oxygen atoms in total. The minimum atomic E-state index is -0.716. The number of ether oxygens (including phenoxy) is 1. The Morgan fingerprint density at radius 3 is 2.43 bits per heavy atom. The number of nitrogens with one attached hydrogen (secondary N) is 1. The maximum Gasteiger partial charge on any atom is 0.412 e. The molecule has 37 heavy (non-hydrogen) atoms. The topological polar surface area (TPSA) is 129 Å². The molecule has 1 saturated carbocycles. The fourth-order valence-electron chi connectivity index (χ4n) is 5.21. The number of benzene rings is 2. The van der Waals surface area contributed by atoms with Gasteiger partial charge in [-0.2, -0.15) is 5.26 Å². The lowest BCUT2D eigenvalue weighted by Gasteiger charge is -2.36. The number of piperidine rings is 1. The summed E-state index contributed by atoms with van der Waals surface area (Å²) in [5, 5.41) is 25.5. The summed E-state index contributed by atoms with van der Waals surface area (Å²) in [7, 11) is 0. The van der Waals surface area contributed by atoms with E-state index in [1.807, 2.05) is 60.7 Å². The predicted octanol–water partition coefficient (Wildman–Crippen LogP) is 5.60. The summed E-state index contributed by atoms with van der Waals surface area (Å²) >= 11 is 0. The van der Waals surface area contributed by atoms with E-state index in [4.69, 9.17) is 9.26 Å². The zero-order chi connectivity index (χ0) is 26.0. The van der Waals surface area contributed by atoms with Gasteiger partial charge in [-0.25, -0.2) is 4.79 Å². The summed E-state index contributed by atoms with van der Waals surface area (Å²) in [4.78, 5) is 26.5. The van der Waals surface area contributed by atoms with Crippen molar-refractivity contribution in [2.75, 3.05) is 23.3 Å². The highest BCUT2D eigenvalue weighted by Crippen LogP contribution is 2.55. The molecule has 1 saturated heterocycles. The molecule has 2 N–H and O–H groups in total. The van der Waals surface area contributed by atoms with Crippen LogP contribution in [-0.4, -0.2) is 35.4 Å². The fourth-order valence-corrected chi connectivity index (χ4v) is 5.21. The second kappa shape index (κ2) is 9.97. The molecule has 2 aromatic carbocycles. The molecule has 0 spiro atoms. The number of carboxylic acids is 1. The monoisotopic (exact) mass is 500 g/mol. The van der Waals surface area contributed by atoms with E-state index in [1.54, 1.807) is 6.92 Å². The van der Waals surface area contributed by atoms with E-state index < -0.39 is 23.6 Å². The molecule has 1 aliphatic carbocycles. The molecule has 190 valence electrons. The van der Waals surface area contributed by atoms with Crippen LogP contribution in [0.3, 0.4) is 0 Å². The molecule has 9 heteroatoms. The Bertz CT molecular complexity index is 1320. The van der Waals surface area contributed by atoms with Crippen LogP contribution >= 0.6 is 0 Å². The first-order valence-corrected chi connectivity index (χ1v) is 12.4. The van der Waals surface area contributed by atoms with Gasteiger partial charge in [0.05, 0.1) is 5.41 Å². The number of nitriles is 1. The van der Waals surface area contributed by atoms with Crippen molar-refractivity contribution in [1.82, 2.24) is 5.16 Å². The van der Waals surface area contributed by atoms with Gasteiger partial charge in [-0.05, 0) is 68.4 Å². The lowest BCUT2D eigenvalue weighted by Crippen LogP contribution is -2.39. The normalized spacial score (nSPS) is 17.5. The molecule has 3 aromatic rings. The van der Waals surface area contributed by atoms with E-state index in [-0.39, 0.29) is 23.1 Å². The van der Waals surface area contributed by atoms with Crippen molar-refractivity contribution < 1.29 is 24.0 Å². The highest BCUT2D eigenvalue weighted by atomic mass is 16.6. The smallest absolute Gasteiger partial charge is 0.412 e. The van der Waals surface area contributed by atoms with Crippen molar-refractivity contribution in [3.05, 3.63) is 65.9 Å². The van der Waals surface area contributed by atoms with Crippen molar-refractivity contribution in [3.63, 3.8) is 0 Å². The number of aliphatic carboxylic acids is 1. The zero-order valence-electron chi connectivity index (χ0n) is 20.5. The molecule has 1 atom stereocenters. The van der Waals surface area contributed by atoms with Crippen molar-refractivity contribution in [1.29, 1.82) is 5.26 Å². The number of aromatic nitrogens is 1. The highest BCUT2D eigenvalue weighted by Gasteiger charge is 2.56. The van der Waals surface area contributed by atoms with E-state index in [9.17, 15) is 20.0 Å². The zero-order valence-corrected chi connectivity index (χ0v) is 20.5. The fraction of sp³-hybridized carbons (Fsp3) is 0.357. The summed E-state index contributed by atoms with van der Waals surface area (Å²) in [5.41, 5.74) is 2.14. The first-order chi connectivity index (χ1) is 17.9. The SMILES string of the molecule is CC(OC(=O)Nc1c(C#N)noc1-c1ccc(N2CCC(C3(C(=O)O)CC3)CC2)cc1)c1ccccc1. The van der Waals surface area contributed by atoms with Crippen molar-refractivity contribution in [2.24, 2.45) is 11.3 Å². The molecule has 5 rings (SSSR count). The molecule has 2 heterocycles. The van der Waals surface area contributed by atoms with Crippen LogP contribution in [-0.2, 0) is 9.53 Å². The number of carbonyl (C=O) groups is 2. The average Bonchev–Trinajstić information content (AvgIpc) is 3.65. The first-order valence-electron chi connectivity index (χ1n) is 12.4. The van der Waals surface area contributed by atoms with Gasteiger partial charge in [-0.1, -0.05) is 35.5 Å². The van der Waals surface area contributed by atoms with Gasteiger partial charge < -0.3 is 19.3 Å². The van der Waals surface area contributed by atoms with Crippen LogP contribution in [0.1, 0.15) is 50.0 Å². The summed E-state index contributed by atoms with van der Waals surface area (Å²) in [6, 6.07) is 18.9. The molecule has 2 aliphatic rings. The maximum atomic E-state index is 12.6. The first kappa shape index (κ1) is 24.4. The quantitative estimate of drug-likeness (QED) is 0.429. The Kier molecular flexibility index (Phi) is 6.57. The molecular formula is C28H28N4O5. The van der Waals surface area contributed by atoms with E-state index >= 15 is 0 Å². The van der Waals surface area contributed by atoms with Crippen LogP contribution in [0.5, 0.6) is 0 Å². The second-order valence-corrected chi connectivity index (χ2v) is 9.70. The molecule has 1 aliphatic heterocycles. The Balaban J connectivity index is 1.26. The molecule has 0 bridgehead atoms. The van der Waals surface area contributed by atoms with Gasteiger partial charge in [-0.15, -0.1) is 0 Å². The van der Waals surface area contributed by atoms with Gasteiger partial charge in [0.25, 0.3) is 0 Å². The largest absolute Gasteiger partial charge is 0.481 e. The summed E-state index contributed by atoms with van der Waals surface area (Å²) < 4.78 is 10.9. The molecule has 1 aromatic heterocycles. The number of nitrogens with zero attached hydrogens (tertiary/aromatic N) is 3. The van der Waals surface area contributed by atoms with Gasteiger partial charge in [0.1, 0.15) is 17.9 Å². The van der Waals surface area contributed by atoms with Crippen molar-refractivity contribution in [3.8, 4) is 17.4 Å². The highest BCUT2D eigenvalue weighted by molar-refractivity contribution is 5.92. The number of rotatable bonds is 7. The van der Waals surface area contributed by atoms with Crippen LogP contribution in [0.4, 0.5) is 16.2 Å². The average molecular weight is 501 g/mol. The Labute approximate surface area is 214 Å². The van der Waals surface area contributed by atoms with Crippen LogP contribution < -0.4 is 10.2 Å². The minimum Gasteiger partial charge on any atom is -0.481 e. The number of carboxylic acid groups (broad SMARTS) is 1. The third-order valence-electron chi connectivity index (χ3n) is 7.56. The summed E-state index contributed by atoms with van der Waals surface area (Å²) in [5.74, 6) is -0.151. The number of amides is 1. The summed E-state index contributed by atoms with van der Waals surface area (Å²) in [6.45, 7) is 3.37. The van der Waals surface area contributed by atoms with Gasteiger partial charge in [0.2, 0.25) is 5.69 Å². The maximum absolute atomic E-state index is 12.6. The number of hydrogen-bond acceptors (Lipinski definition) is 7. The van der Waals surface area contributed by atoms with Gasteiger partial charge >= 0.3 is 12.1 Å². The van der Waals surface area contributed by atoms with Crippen LogP contribution in [0.2, 0.25) is 0 Å². The standard InChI is InChI=1S/C28H28N4O5/c1-18(19-5-3-2-4-6-19)36-27(35)30-24-23(17-29)31-37-25(24)20-7-9-22(10-8-20)32-15-11-21(12-16-32)28(13-14-28)26(33)34/h2-10,18,21H,11-16H2,1H3,(H,30,35)(H,33,34). The van der Waals surface area contributed by atoms with Crippen LogP contribution in [0, 0.1) is 22.7 Å². The van der Waals surface area contributed by atoms with Crippen LogP contribution in [0.25, 0.3) is 11.3 Å². The van der Waals surface area contributed by atoms with E-state index in [2.05, 4.69) is 15.4 Å². The van der Waals surface area contributed by atoms with Crippen molar-refractivity contribution in [2.45, 2.75) is 38.7 Å². The molecule has 2 fully saturated rings. The lowest BCUT2D eigenvalue weighted by atomic mass is 9.81. The Hall–Kier alpha value is -4.32. The number of anilines is 2. The van der Waals surface area contributed by atoms with Gasteiger partial charge in [-0.3, -0.25) is 10.1 Å². The van der Waals surface area contributed by atoms with E-state index in [1.165, 1.54) is 0 Å². The third-order valence-corrected chi connectivity index (χ3v) is 7.56. The molecule has 1 amide bonds. The molecular weight excluding hydrogens is 472 g/mol. The summed E-state index contributed by atoms with van der Waals surface area (Å²) in [6.07, 6.45) is 2.10. The Morgan fingerprint density at radius 2 is 1.84 bits per heavy atom. The third kappa shape index (κ3) is 4.87. The number of carbonyl (C=O) groups excluding carboxylic acids is 1. The Morgan fingerprint density at radius 1 is 1.16 bits per heavy atom. The second-order valence-electron chi connectivity index (χ2n) is 9.70. The predicted molar refractivity (Wildman–Crippen MR) is 136 cm³/mol. The number of hydrogen-bond donors (Lipinski definition) is 2. The van der Waals surface area contributed by atoms with Gasteiger partial charge in [0.15, 0.2) is 5.76 Å². The molecule has 0 radical (unpaired) electrons.